The first-order valence-electron chi connectivity index (χ1n) is 0.548. The maximum atomic E-state index is 8.25. The van der Waals surface area contributed by atoms with E-state index >= 15 is 0 Å². The van der Waals surface area contributed by atoms with Crippen LogP contribution < -0.4 is 29.6 Å². The molecular formula is AgNNaO3+. The molecule has 0 atom stereocenters. The summed E-state index contributed by atoms with van der Waals surface area (Å²) in [6, 6.07) is 0. The van der Waals surface area contributed by atoms with E-state index in [9.17, 15) is 0 Å². The van der Waals surface area contributed by atoms with Crippen LogP contribution in [0.2, 0.25) is 0 Å². The Bertz CT molecular complexity index is 33.8. The molecule has 0 N–H and O–H groups in total. The number of rotatable bonds is 0. The zero-order valence-corrected chi connectivity index (χ0v) is 6.46. The molecule has 0 radical (unpaired) electrons. The van der Waals surface area contributed by atoms with Crippen molar-refractivity contribution in [1.29, 1.82) is 0 Å². The summed E-state index contributed by atoms with van der Waals surface area (Å²) in [5.41, 5.74) is 0. The first-order chi connectivity index (χ1) is 1.73. The van der Waals surface area contributed by atoms with Crippen LogP contribution in [0.4, 0.5) is 0 Å². The summed E-state index contributed by atoms with van der Waals surface area (Å²) in [6.07, 6.45) is 0. The molecule has 0 saturated heterocycles. The van der Waals surface area contributed by atoms with E-state index in [1.165, 1.54) is 0 Å². The summed E-state index contributed by atoms with van der Waals surface area (Å²) in [5, 5.41) is 14.8. The van der Waals surface area contributed by atoms with Crippen molar-refractivity contribution in [2.75, 3.05) is 0 Å². The maximum absolute atomic E-state index is 8.25. The zero-order valence-electron chi connectivity index (χ0n) is 2.97. The van der Waals surface area contributed by atoms with Crippen molar-refractivity contribution in [2.45, 2.75) is 0 Å². The maximum Gasteiger partial charge on any atom is 1.00 e. The Labute approximate surface area is 71.8 Å². The smallest absolute Gasteiger partial charge is 0.356 e. The van der Waals surface area contributed by atoms with E-state index in [4.69, 9.17) is 15.3 Å². The molecule has 34 valence electrons. The fourth-order valence-electron chi connectivity index (χ4n) is 0. The third-order valence-corrected chi connectivity index (χ3v) is 0. The molecule has 0 saturated carbocycles. The molecule has 0 spiro atoms. The van der Waals surface area contributed by atoms with Gasteiger partial charge in [0.1, 0.15) is 0 Å². The second kappa shape index (κ2) is 9.34. The number of hydrogen-bond donors (Lipinski definition) is 0. The van der Waals surface area contributed by atoms with Crippen LogP contribution >= 0.6 is 0 Å². The Morgan fingerprint density at radius 1 is 1.33 bits per heavy atom. The number of nitrogens with zero attached hydrogens (tertiary/aromatic N) is 1. The minimum atomic E-state index is -1.75. The Morgan fingerprint density at radius 3 is 1.33 bits per heavy atom. The van der Waals surface area contributed by atoms with E-state index in [2.05, 4.69) is 0 Å². The van der Waals surface area contributed by atoms with Crippen LogP contribution in [0.15, 0.2) is 0 Å². The molecule has 0 amide bonds. The molecule has 0 heterocycles. The summed E-state index contributed by atoms with van der Waals surface area (Å²) < 4.78 is 0. The van der Waals surface area contributed by atoms with E-state index in [0.29, 0.717) is 0 Å². The van der Waals surface area contributed by atoms with Gasteiger partial charge in [-0.05, 0) is 0 Å². The summed E-state index contributed by atoms with van der Waals surface area (Å²) in [7, 11) is 0. The largest absolute Gasteiger partial charge is 1.00 e. The van der Waals surface area contributed by atoms with Crippen molar-refractivity contribution in [2.24, 2.45) is 0 Å². The quantitative estimate of drug-likeness (QED) is 0.230. The molecule has 0 bridgehead atoms. The van der Waals surface area contributed by atoms with Crippen molar-refractivity contribution in [3.05, 3.63) is 15.3 Å². The fraction of sp³-hybridized carbons (Fsp3) is 0. The number of hydrogen-bond acceptors (Lipinski definition) is 3. The van der Waals surface area contributed by atoms with Crippen LogP contribution in [0, 0.1) is 15.3 Å². The van der Waals surface area contributed by atoms with Gasteiger partial charge in [0.25, 0.3) is 0 Å². The average molecular weight is 193 g/mol. The van der Waals surface area contributed by atoms with Gasteiger partial charge in [0.15, 0.2) is 0 Å². The molecule has 6 heavy (non-hydrogen) atoms. The second-order valence-electron chi connectivity index (χ2n) is 0.224. The molecule has 0 fully saturated rings. The van der Waals surface area contributed by atoms with Gasteiger partial charge < -0.3 is 15.3 Å². The third-order valence-electron chi connectivity index (χ3n) is 0. The third kappa shape index (κ3) is 86.8. The molecular weight excluding hydrogens is 193 g/mol. The molecule has 0 aliphatic rings. The van der Waals surface area contributed by atoms with Crippen molar-refractivity contribution in [1.82, 2.24) is 0 Å². The van der Waals surface area contributed by atoms with Gasteiger partial charge >= 0.3 is 51.9 Å². The fourth-order valence-corrected chi connectivity index (χ4v) is 0. The van der Waals surface area contributed by atoms with Crippen molar-refractivity contribution >= 4 is 0 Å². The van der Waals surface area contributed by atoms with Gasteiger partial charge in [-0.25, -0.2) is 0 Å². The SMILES string of the molecule is O=[N+]([O-])[O-].[Ag+].[Na+]. The van der Waals surface area contributed by atoms with Crippen LogP contribution in [0.3, 0.4) is 0 Å². The van der Waals surface area contributed by atoms with Crippen LogP contribution in [0.25, 0.3) is 0 Å². The van der Waals surface area contributed by atoms with Gasteiger partial charge in [0.2, 0.25) is 0 Å². The van der Waals surface area contributed by atoms with Gasteiger partial charge in [-0.2, -0.15) is 0 Å². The van der Waals surface area contributed by atoms with Crippen LogP contribution in [0.1, 0.15) is 0 Å². The second-order valence-corrected chi connectivity index (χ2v) is 0.224. The molecule has 0 aromatic carbocycles. The predicted octanol–water partition coefficient (Wildman–Crippen LogP) is -3.24. The van der Waals surface area contributed by atoms with Crippen LogP contribution in [-0.4, -0.2) is 5.09 Å². The van der Waals surface area contributed by atoms with E-state index in [1.807, 2.05) is 0 Å². The van der Waals surface area contributed by atoms with Crippen molar-refractivity contribution < 1.29 is 57.0 Å². The Morgan fingerprint density at radius 2 is 1.33 bits per heavy atom. The van der Waals surface area contributed by atoms with Gasteiger partial charge in [0.05, 0.1) is 5.09 Å². The summed E-state index contributed by atoms with van der Waals surface area (Å²) in [6.45, 7) is 0. The zero-order chi connectivity index (χ0) is 3.58. The normalized spacial score (nSPS) is 4.00. The minimum absolute atomic E-state index is 0. The van der Waals surface area contributed by atoms with Gasteiger partial charge in [-0.3, -0.25) is 0 Å². The molecule has 0 unspecified atom stereocenters. The first-order valence-corrected chi connectivity index (χ1v) is 0.548. The van der Waals surface area contributed by atoms with Crippen molar-refractivity contribution in [3.63, 3.8) is 0 Å². The van der Waals surface area contributed by atoms with Gasteiger partial charge in [-0.15, -0.1) is 0 Å². The first kappa shape index (κ1) is 15.8. The van der Waals surface area contributed by atoms with Crippen molar-refractivity contribution in [3.8, 4) is 0 Å². The summed E-state index contributed by atoms with van der Waals surface area (Å²) >= 11 is 0. The topological polar surface area (TPSA) is 66.2 Å². The Kier molecular flexibility index (Phi) is 24.5. The standard InChI is InChI=1S/Ag.NO3.Na/c;2-1(3)4;/q+1;-1;+1. The van der Waals surface area contributed by atoms with Gasteiger partial charge in [0, 0.05) is 0 Å². The van der Waals surface area contributed by atoms with Gasteiger partial charge in [-0.1, -0.05) is 0 Å². The summed E-state index contributed by atoms with van der Waals surface area (Å²) in [5.74, 6) is 0. The Hall–Kier alpha value is 0.940. The molecule has 0 aliphatic carbocycles. The molecule has 4 nitrogen and oxygen atoms in total. The minimum Gasteiger partial charge on any atom is -0.356 e. The Balaban J connectivity index is -0.0000000450. The monoisotopic (exact) mass is 192 g/mol. The molecule has 0 aromatic rings. The molecule has 6 heteroatoms. The average Bonchev–Trinajstić information content (AvgIpc) is 0.811. The predicted molar refractivity (Wildman–Crippen MR) is 10.4 cm³/mol. The van der Waals surface area contributed by atoms with E-state index in [1.54, 1.807) is 0 Å². The van der Waals surface area contributed by atoms with E-state index in [-0.39, 0.29) is 51.9 Å². The molecule has 0 aliphatic heterocycles. The van der Waals surface area contributed by atoms with Crippen LogP contribution in [0.5, 0.6) is 0 Å². The summed E-state index contributed by atoms with van der Waals surface area (Å²) in [4.78, 5) is 8.25. The van der Waals surface area contributed by atoms with E-state index in [0.717, 1.165) is 0 Å². The van der Waals surface area contributed by atoms with E-state index < -0.39 is 5.09 Å². The molecule has 0 rings (SSSR count). The van der Waals surface area contributed by atoms with Crippen LogP contribution in [-0.2, 0) is 22.4 Å². The molecule has 0 aromatic heterocycles.